The minimum atomic E-state index is 0.712. The van der Waals surface area contributed by atoms with Gasteiger partial charge in [-0.2, -0.15) is 0 Å². The van der Waals surface area contributed by atoms with Crippen molar-refractivity contribution < 1.29 is 0 Å². The minimum Gasteiger partial charge on any atom is -0.399 e. The SMILES string of the molecule is [CH+]=C(Cc1ccccc1)C(=C)c1ccc(N)cc1. The molecular weight excluding hydrogens is 218 g/mol. The molecule has 0 spiro atoms. The monoisotopic (exact) mass is 234 g/mol. The van der Waals surface area contributed by atoms with E-state index in [0.29, 0.717) is 6.42 Å². The fourth-order valence-electron chi connectivity index (χ4n) is 1.79. The van der Waals surface area contributed by atoms with Crippen LogP contribution in [0.15, 0.2) is 66.7 Å². The van der Waals surface area contributed by atoms with Crippen LogP contribution in [0.1, 0.15) is 11.1 Å². The maximum absolute atomic E-state index is 6.11. The number of nitrogen functional groups attached to an aromatic ring is 1. The summed E-state index contributed by atoms with van der Waals surface area (Å²) in [5.74, 6) is 0. The van der Waals surface area contributed by atoms with Gasteiger partial charge in [0, 0.05) is 12.1 Å². The van der Waals surface area contributed by atoms with Gasteiger partial charge in [0.15, 0.2) is 5.57 Å². The molecule has 0 aromatic heterocycles. The Bertz CT molecular complexity index is 550. The van der Waals surface area contributed by atoms with Gasteiger partial charge in [0.1, 0.15) is 5.57 Å². The van der Waals surface area contributed by atoms with Crippen LogP contribution in [0.5, 0.6) is 0 Å². The molecule has 2 aromatic carbocycles. The molecule has 0 saturated carbocycles. The van der Waals surface area contributed by atoms with Crippen LogP contribution in [0.2, 0.25) is 0 Å². The topological polar surface area (TPSA) is 26.0 Å². The van der Waals surface area contributed by atoms with E-state index in [1.54, 1.807) is 0 Å². The first-order chi connectivity index (χ1) is 8.66. The van der Waals surface area contributed by atoms with Crippen LogP contribution in [0.4, 0.5) is 5.69 Å². The van der Waals surface area contributed by atoms with E-state index in [1.165, 1.54) is 5.56 Å². The first-order valence-corrected chi connectivity index (χ1v) is 5.87. The lowest BCUT2D eigenvalue weighted by Gasteiger charge is -2.01. The predicted octanol–water partition coefficient (Wildman–Crippen LogP) is 3.88. The highest BCUT2D eigenvalue weighted by molar-refractivity contribution is 5.77. The summed E-state index contributed by atoms with van der Waals surface area (Å²) in [6, 6.07) is 17.7. The van der Waals surface area contributed by atoms with Crippen molar-refractivity contribution in [3.8, 4) is 0 Å². The van der Waals surface area contributed by atoms with E-state index in [2.05, 4.69) is 18.7 Å². The van der Waals surface area contributed by atoms with Crippen molar-refractivity contribution in [3.05, 3.63) is 84.5 Å². The molecule has 0 atom stereocenters. The third-order valence-corrected chi connectivity index (χ3v) is 2.88. The fraction of sp³-hybridized carbons (Fsp3) is 0.0588. The third kappa shape index (κ3) is 2.85. The van der Waals surface area contributed by atoms with Crippen molar-refractivity contribution in [2.24, 2.45) is 0 Å². The molecule has 0 fully saturated rings. The van der Waals surface area contributed by atoms with Crippen molar-refractivity contribution in [2.75, 3.05) is 5.73 Å². The Labute approximate surface area is 108 Å². The zero-order chi connectivity index (χ0) is 13.0. The van der Waals surface area contributed by atoms with Gasteiger partial charge >= 0.3 is 0 Å². The number of nitrogens with two attached hydrogens (primary N) is 1. The van der Waals surface area contributed by atoms with Gasteiger partial charge in [-0.3, -0.25) is 0 Å². The lowest BCUT2D eigenvalue weighted by atomic mass is 9.95. The summed E-state index contributed by atoms with van der Waals surface area (Å²) in [6.07, 6.45) is 0.712. The summed E-state index contributed by atoms with van der Waals surface area (Å²) in [7, 11) is 0. The molecule has 0 unspecified atom stereocenters. The zero-order valence-corrected chi connectivity index (χ0v) is 10.3. The van der Waals surface area contributed by atoms with Gasteiger partial charge in [-0.05, 0) is 36.4 Å². The van der Waals surface area contributed by atoms with E-state index in [0.717, 1.165) is 22.4 Å². The third-order valence-electron chi connectivity index (χ3n) is 2.88. The summed E-state index contributed by atoms with van der Waals surface area (Å²) in [6.45, 7) is 10.2. The first-order valence-electron chi connectivity index (χ1n) is 5.87. The summed E-state index contributed by atoms with van der Waals surface area (Å²) in [5, 5.41) is 0. The highest BCUT2D eigenvalue weighted by Crippen LogP contribution is 2.23. The van der Waals surface area contributed by atoms with Gasteiger partial charge in [-0.15, -0.1) is 0 Å². The van der Waals surface area contributed by atoms with Crippen molar-refractivity contribution in [1.29, 1.82) is 0 Å². The van der Waals surface area contributed by atoms with Crippen molar-refractivity contribution >= 4 is 11.3 Å². The van der Waals surface area contributed by atoms with Gasteiger partial charge in [0.2, 0.25) is 0 Å². The molecule has 2 rings (SSSR count). The predicted molar refractivity (Wildman–Crippen MR) is 77.8 cm³/mol. The van der Waals surface area contributed by atoms with E-state index in [1.807, 2.05) is 42.5 Å². The Morgan fingerprint density at radius 2 is 1.61 bits per heavy atom. The molecule has 0 radical (unpaired) electrons. The Morgan fingerprint density at radius 3 is 2.22 bits per heavy atom. The molecule has 0 bridgehead atoms. The Balaban J connectivity index is 2.10. The van der Waals surface area contributed by atoms with Crippen molar-refractivity contribution in [3.63, 3.8) is 0 Å². The number of hydrogen-bond donors (Lipinski definition) is 1. The summed E-state index contributed by atoms with van der Waals surface area (Å²) in [5.41, 5.74) is 10.2. The molecule has 18 heavy (non-hydrogen) atoms. The summed E-state index contributed by atoms with van der Waals surface area (Å²) < 4.78 is 0. The Morgan fingerprint density at radius 1 is 1.00 bits per heavy atom. The molecule has 0 heterocycles. The first kappa shape index (κ1) is 12.1. The number of benzene rings is 2. The van der Waals surface area contributed by atoms with Crippen LogP contribution in [-0.4, -0.2) is 0 Å². The van der Waals surface area contributed by atoms with Crippen LogP contribution in [-0.2, 0) is 6.42 Å². The highest BCUT2D eigenvalue weighted by atomic mass is 14.5. The number of anilines is 1. The second-order valence-electron chi connectivity index (χ2n) is 4.29. The molecule has 2 N–H and O–H groups in total. The summed E-state index contributed by atoms with van der Waals surface area (Å²) in [4.78, 5) is 0. The van der Waals surface area contributed by atoms with Crippen LogP contribution < -0.4 is 5.73 Å². The molecule has 0 aliphatic carbocycles. The van der Waals surface area contributed by atoms with Gasteiger partial charge in [-0.1, -0.05) is 30.3 Å². The zero-order valence-electron chi connectivity index (χ0n) is 10.3. The highest BCUT2D eigenvalue weighted by Gasteiger charge is 2.14. The average Bonchev–Trinajstić information content (AvgIpc) is 2.40. The van der Waals surface area contributed by atoms with E-state index in [4.69, 9.17) is 12.3 Å². The second kappa shape index (κ2) is 5.31. The number of rotatable bonds is 4. The Kier molecular flexibility index (Phi) is 3.57. The van der Waals surface area contributed by atoms with Crippen LogP contribution in [0, 0.1) is 6.58 Å². The molecule has 0 saturated heterocycles. The van der Waals surface area contributed by atoms with Crippen LogP contribution in [0.3, 0.4) is 0 Å². The normalized spacial score (nSPS) is 9.94. The summed E-state index contributed by atoms with van der Waals surface area (Å²) >= 11 is 0. The van der Waals surface area contributed by atoms with Gasteiger partial charge < -0.3 is 5.73 Å². The minimum absolute atomic E-state index is 0.712. The van der Waals surface area contributed by atoms with Crippen molar-refractivity contribution in [1.82, 2.24) is 0 Å². The van der Waals surface area contributed by atoms with E-state index >= 15 is 0 Å². The largest absolute Gasteiger partial charge is 0.399 e. The quantitative estimate of drug-likeness (QED) is 0.485. The second-order valence-corrected chi connectivity index (χ2v) is 4.29. The van der Waals surface area contributed by atoms with Crippen LogP contribution in [0.25, 0.3) is 5.57 Å². The van der Waals surface area contributed by atoms with Gasteiger partial charge in [-0.25, -0.2) is 0 Å². The smallest absolute Gasteiger partial charge is 0.176 e. The van der Waals surface area contributed by atoms with E-state index in [-0.39, 0.29) is 0 Å². The fourth-order valence-corrected chi connectivity index (χ4v) is 1.79. The van der Waals surface area contributed by atoms with Crippen LogP contribution >= 0.6 is 0 Å². The molecule has 2 aromatic rings. The lowest BCUT2D eigenvalue weighted by Crippen LogP contribution is -1.93. The van der Waals surface area contributed by atoms with E-state index < -0.39 is 0 Å². The van der Waals surface area contributed by atoms with Gasteiger partial charge in [0.25, 0.3) is 0 Å². The number of hydrogen-bond acceptors (Lipinski definition) is 1. The molecule has 0 aliphatic rings. The van der Waals surface area contributed by atoms with Crippen molar-refractivity contribution in [2.45, 2.75) is 6.42 Å². The standard InChI is InChI=1S/C17H16N/c1-13(12-15-6-4-3-5-7-15)14(2)16-8-10-17(18)11-9-16/h1,3-11H,2,12,18H2/q+1. The average molecular weight is 234 g/mol. The molecular formula is C17H16N+. The number of allylic oxidation sites excluding steroid dienone is 2. The molecule has 1 nitrogen and oxygen atoms in total. The lowest BCUT2D eigenvalue weighted by molar-refractivity contribution is 1.21. The molecule has 0 amide bonds. The molecule has 0 aliphatic heterocycles. The molecule has 1 heteroatoms. The van der Waals surface area contributed by atoms with E-state index in [9.17, 15) is 0 Å². The van der Waals surface area contributed by atoms with Gasteiger partial charge in [0.05, 0.1) is 12.1 Å². The maximum atomic E-state index is 6.11. The maximum Gasteiger partial charge on any atom is 0.176 e. The Hall–Kier alpha value is -2.37. The molecule has 88 valence electrons.